The highest BCUT2D eigenvalue weighted by Crippen LogP contribution is 2.28. The molecule has 1 rings (SSSR count). The molecule has 0 aliphatic heterocycles. The van der Waals surface area contributed by atoms with Crippen molar-refractivity contribution in [2.75, 3.05) is 33.0 Å². The molecule has 18 heavy (non-hydrogen) atoms. The average Bonchev–Trinajstić information content (AvgIpc) is 2.31. The van der Waals surface area contributed by atoms with Crippen LogP contribution in [0.5, 0.6) is 5.75 Å². The number of benzene rings is 1. The Morgan fingerprint density at radius 1 is 1.50 bits per heavy atom. The molecule has 0 fully saturated rings. The van der Waals surface area contributed by atoms with Gasteiger partial charge in [-0.05, 0) is 27.4 Å². The third-order valence-corrected chi connectivity index (χ3v) is 2.61. The summed E-state index contributed by atoms with van der Waals surface area (Å²) >= 11 is 0. The zero-order chi connectivity index (χ0) is 13.7. The van der Waals surface area contributed by atoms with Gasteiger partial charge in [0.2, 0.25) is 0 Å². The zero-order valence-corrected chi connectivity index (χ0v) is 11.0. The van der Waals surface area contributed by atoms with Crippen LogP contribution in [0.2, 0.25) is 0 Å². The summed E-state index contributed by atoms with van der Waals surface area (Å²) in [4.78, 5) is 2.05. The second-order valence-corrected chi connectivity index (χ2v) is 4.40. The molecule has 0 heterocycles. The van der Waals surface area contributed by atoms with E-state index in [4.69, 9.17) is 15.7 Å². The number of anilines is 1. The minimum atomic E-state index is -0.597. The first-order chi connectivity index (χ1) is 8.47. The van der Waals surface area contributed by atoms with Crippen LogP contribution in [0.4, 0.5) is 10.1 Å². The monoisotopic (exact) mass is 251 g/mol. The molecule has 0 saturated carbocycles. The summed E-state index contributed by atoms with van der Waals surface area (Å²) < 4.78 is 19.3. The van der Waals surface area contributed by atoms with Gasteiger partial charge in [0.25, 0.3) is 0 Å². The molecule has 1 aromatic rings. The van der Waals surface area contributed by atoms with Crippen LogP contribution in [0, 0.1) is 24.1 Å². The molecular formula is C13H18FN3O. The van der Waals surface area contributed by atoms with Crippen LogP contribution in [0.25, 0.3) is 0 Å². The molecule has 0 aliphatic rings. The minimum Gasteiger partial charge on any atom is -0.493 e. The standard InChI is InChI=1S/C13H18FN3O/c1-9-12(18-6-4-5-17(2)3)7-11(16)10(8-15)13(9)14/h7H,4-6,16H2,1-3H3. The number of nitrogens with zero attached hydrogens (tertiary/aromatic N) is 2. The molecule has 0 saturated heterocycles. The number of hydrogen-bond acceptors (Lipinski definition) is 4. The summed E-state index contributed by atoms with van der Waals surface area (Å²) in [6, 6.07) is 3.26. The van der Waals surface area contributed by atoms with Crippen LogP contribution in [0.15, 0.2) is 6.07 Å². The van der Waals surface area contributed by atoms with Gasteiger partial charge in [-0.3, -0.25) is 0 Å². The van der Waals surface area contributed by atoms with Crippen LogP contribution in [0.1, 0.15) is 17.5 Å². The molecule has 4 nitrogen and oxygen atoms in total. The summed E-state index contributed by atoms with van der Waals surface area (Å²) in [5.41, 5.74) is 5.92. The second-order valence-electron chi connectivity index (χ2n) is 4.40. The Kier molecular flexibility index (Phi) is 4.93. The molecule has 5 heteroatoms. The largest absolute Gasteiger partial charge is 0.493 e. The summed E-state index contributed by atoms with van der Waals surface area (Å²) in [6.45, 7) is 2.97. The van der Waals surface area contributed by atoms with Gasteiger partial charge in [-0.2, -0.15) is 5.26 Å². The lowest BCUT2D eigenvalue weighted by atomic mass is 10.1. The normalized spacial score (nSPS) is 10.4. The molecule has 0 atom stereocenters. The van der Waals surface area contributed by atoms with Crippen molar-refractivity contribution in [1.82, 2.24) is 4.90 Å². The summed E-state index contributed by atoms with van der Waals surface area (Å²) in [7, 11) is 3.95. The van der Waals surface area contributed by atoms with E-state index in [0.717, 1.165) is 13.0 Å². The molecule has 0 radical (unpaired) electrons. The van der Waals surface area contributed by atoms with E-state index in [1.54, 1.807) is 13.0 Å². The van der Waals surface area contributed by atoms with Crippen LogP contribution >= 0.6 is 0 Å². The molecular weight excluding hydrogens is 233 g/mol. The van der Waals surface area contributed by atoms with E-state index in [2.05, 4.69) is 0 Å². The molecule has 2 N–H and O–H groups in total. The smallest absolute Gasteiger partial charge is 0.149 e. The van der Waals surface area contributed by atoms with E-state index in [1.807, 2.05) is 19.0 Å². The van der Waals surface area contributed by atoms with Gasteiger partial charge in [-0.15, -0.1) is 0 Å². The molecule has 0 aliphatic carbocycles. The fourth-order valence-electron chi connectivity index (χ4n) is 1.57. The third-order valence-electron chi connectivity index (χ3n) is 2.61. The number of halogens is 1. The Bertz CT molecular complexity index is 466. The lowest BCUT2D eigenvalue weighted by molar-refractivity contribution is 0.279. The van der Waals surface area contributed by atoms with Crippen molar-refractivity contribution >= 4 is 5.69 Å². The Morgan fingerprint density at radius 2 is 2.17 bits per heavy atom. The number of nitriles is 1. The maximum Gasteiger partial charge on any atom is 0.149 e. The van der Waals surface area contributed by atoms with Gasteiger partial charge in [0, 0.05) is 18.2 Å². The fraction of sp³-hybridized carbons (Fsp3) is 0.462. The number of hydrogen-bond donors (Lipinski definition) is 1. The molecule has 0 spiro atoms. The molecule has 0 bridgehead atoms. The van der Waals surface area contributed by atoms with Crippen LogP contribution in [-0.4, -0.2) is 32.1 Å². The van der Waals surface area contributed by atoms with Crippen LogP contribution in [0.3, 0.4) is 0 Å². The van der Waals surface area contributed by atoms with Crippen molar-refractivity contribution < 1.29 is 9.13 Å². The second kappa shape index (κ2) is 6.22. The molecule has 1 aromatic carbocycles. The molecule has 98 valence electrons. The van der Waals surface area contributed by atoms with Crippen molar-refractivity contribution in [3.8, 4) is 11.8 Å². The van der Waals surface area contributed by atoms with Gasteiger partial charge in [0.1, 0.15) is 23.2 Å². The first-order valence-electron chi connectivity index (χ1n) is 5.73. The Morgan fingerprint density at radius 3 is 2.72 bits per heavy atom. The van der Waals surface area contributed by atoms with Gasteiger partial charge >= 0.3 is 0 Å². The molecule has 0 unspecified atom stereocenters. The lowest BCUT2D eigenvalue weighted by Crippen LogP contribution is -2.16. The Hall–Kier alpha value is -1.80. The minimum absolute atomic E-state index is 0.114. The van der Waals surface area contributed by atoms with Gasteiger partial charge in [0.15, 0.2) is 0 Å². The number of rotatable bonds is 5. The molecule has 0 amide bonds. The lowest BCUT2D eigenvalue weighted by Gasteiger charge is -2.13. The SMILES string of the molecule is Cc1c(OCCCN(C)C)cc(N)c(C#N)c1F. The van der Waals surface area contributed by atoms with Gasteiger partial charge in [-0.25, -0.2) is 4.39 Å². The number of nitrogen functional groups attached to an aromatic ring is 1. The zero-order valence-electron chi connectivity index (χ0n) is 11.0. The maximum atomic E-state index is 13.8. The van der Waals surface area contributed by atoms with E-state index >= 15 is 0 Å². The van der Waals surface area contributed by atoms with Crippen LogP contribution in [-0.2, 0) is 0 Å². The highest BCUT2D eigenvalue weighted by Gasteiger charge is 2.14. The van der Waals surface area contributed by atoms with E-state index in [9.17, 15) is 4.39 Å². The average molecular weight is 251 g/mol. The summed E-state index contributed by atoms with van der Waals surface area (Å²) in [5.74, 6) is -0.192. The van der Waals surface area contributed by atoms with Gasteiger partial charge in [-0.1, -0.05) is 0 Å². The van der Waals surface area contributed by atoms with E-state index in [1.165, 1.54) is 6.07 Å². The first kappa shape index (κ1) is 14.3. The van der Waals surface area contributed by atoms with Gasteiger partial charge < -0.3 is 15.4 Å². The van der Waals surface area contributed by atoms with Gasteiger partial charge in [0.05, 0.1) is 12.3 Å². The van der Waals surface area contributed by atoms with Crippen molar-refractivity contribution in [2.45, 2.75) is 13.3 Å². The quantitative estimate of drug-likeness (QED) is 0.641. The van der Waals surface area contributed by atoms with E-state index in [-0.39, 0.29) is 11.3 Å². The van der Waals surface area contributed by atoms with E-state index < -0.39 is 5.82 Å². The van der Waals surface area contributed by atoms with Crippen molar-refractivity contribution in [1.29, 1.82) is 5.26 Å². The predicted octanol–water partition coefficient (Wildman–Crippen LogP) is 1.92. The fourth-order valence-corrected chi connectivity index (χ4v) is 1.57. The number of nitrogens with two attached hydrogens (primary N) is 1. The maximum absolute atomic E-state index is 13.8. The molecule has 0 aromatic heterocycles. The highest BCUT2D eigenvalue weighted by molar-refractivity contribution is 5.60. The van der Waals surface area contributed by atoms with Crippen molar-refractivity contribution in [3.05, 3.63) is 23.0 Å². The van der Waals surface area contributed by atoms with Crippen molar-refractivity contribution in [3.63, 3.8) is 0 Å². The van der Waals surface area contributed by atoms with E-state index in [0.29, 0.717) is 17.9 Å². The highest BCUT2D eigenvalue weighted by atomic mass is 19.1. The Labute approximate surface area is 107 Å². The Balaban J connectivity index is 2.76. The van der Waals surface area contributed by atoms with Crippen LogP contribution < -0.4 is 10.5 Å². The number of ether oxygens (including phenoxy) is 1. The third kappa shape index (κ3) is 3.34. The summed E-state index contributed by atoms with van der Waals surface area (Å²) in [5, 5.41) is 8.77. The van der Waals surface area contributed by atoms with Crippen molar-refractivity contribution in [2.24, 2.45) is 0 Å². The predicted molar refractivity (Wildman–Crippen MR) is 68.9 cm³/mol. The summed E-state index contributed by atoms with van der Waals surface area (Å²) in [6.07, 6.45) is 0.841. The first-order valence-corrected chi connectivity index (χ1v) is 5.73. The topological polar surface area (TPSA) is 62.3 Å².